The lowest BCUT2D eigenvalue weighted by atomic mass is 9.74. The predicted molar refractivity (Wildman–Crippen MR) is 96.0 cm³/mol. The third kappa shape index (κ3) is 6.14. The minimum absolute atomic E-state index is 0.0496. The van der Waals surface area contributed by atoms with Gasteiger partial charge in [-0.05, 0) is 24.7 Å². The molecular formula is C20H37NO. The SMILES string of the molecule is CCCCCCCCCC(=O)C1=C(CCC)NCCC1(C)C. The standard InChI is InChI=1S/C20H37NO/c1-5-7-8-9-10-11-12-14-18(22)19-17(13-6-2)21-16-15-20(19,3)4/h21H,5-16H2,1-4H3. The van der Waals surface area contributed by atoms with Crippen LogP contribution in [0.1, 0.15) is 98.3 Å². The largest absolute Gasteiger partial charge is 0.388 e. The molecule has 1 N–H and O–H groups in total. The molecule has 0 aromatic carbocycles. The van der Waals surface area contributed by atoms with E-state index in [4.69, 9.17) is 0 Å². The van der Waals surface area contributed by atoms with Crippen LogP contribution < -0.4 is 5.32 Å². The molecule has 128 valence electrons. The Labute approximate surface area is 138 Å². The number of carbonyl (C=O) groups is 1. The van der Waals surface area contributed by atoms with E-state index in [1.54, 1.807) is 0 Å². The van der Waals surface area contributed by atoms with Crippen molar-refractivity contribution in [2.45, 2.75) is 98.3 Å². The van der Waals surface area contributed by atoms with Crippen LogP contribution in [0, 0.1) is 5.41 Å². The maximum Gasteiger partial charge on any atom is 0.161 e. The number of Topliss-reactive ketones (excluding diaryl/α,β-unsaturated/α-hetero) is 1. The number of hydrogen-bond acceptors (Lipinski definition) is 2. The summed E-state index contributed by atoms with van der Waals surface area (Å²) in [6.07, 6.45) is 12.8. The summed E-state index contributed by atoms with van der Waals surface area (Å²) >= 11 is 0. The number of rotatable bonds is 11. The molecule has 22 heavy (non-hydrogen) atoms. The lowest BCUT2D eigenvalue weighted by Gasteiger charge is -2.35. The fraction of sp³-hybridized carbons (Fsp3) is 0.850. The Kier molecular flexibility index (Phi) is 8.82. The molecule has 0 spiro atoms. The summed E-state index contributed by atoms with van der Waals surface area (Å²) in [6.45, 7) is 9.93. The van der Waals surface area contributed by atoms with Crippen LogP contribution in [-0.4, -0.2) is 12.3 Å². The average molecular weight is 308 g/mol. The van der Waals surface area contributed by atoms with Crippen LogP contribution in [0.5, 0.6) is 0 Å². The molecule has 0 atom stereocenters. The normalized spacial score (nSPS) is 17.5. The summed E-state index contributed by atoms with van der Waals surface area (Å²) in [5, 5.41) is 3.49. The number of nitrogens with one attached hydrogen (secondary N) is 1. The molecule has 0 unspecified atom stereocenters. The zero-order chi connectivity index (χ0) is 16.4. The van der Waals surface area contributed by atoms with Gasteiger partial charge in [-0.15, -0.1) is 0 Å². The van der Waals surface area contributed by atoms with Crippen LogP contribution in [0.25, 0.3) is 0 Å². The van der Waals surface area contributed by atoms with Gasteiger partial charge in [0.1, 0.15) is 0 Å². The van der Waals surface area contributed by atoms with Crippen molar-refractivity contribution in [3.05, 3.63) is 11.3 Å². The van der Waals surface area contributed by atoms with Gasteiger partial charge in [0.25, 0.3) is 0 Å². The Hall–Kier alpha value is -0.790. The molecule has 0 fully saturated rings. The molecule has 0 bridgehead atoms. The van der Waals surface area contributed by atoms with Crippen molar-refractivity contribution < 1.29 is 4.79 Å². The van der Waals surface area contributed by atoms with Crippen LogP contribution in [-0.2, 0) is 4.79 Å². The highest BCUT2D eigenvalue weighted by Crippen LogP contribution is 2.37. The second kappa shape index (κ2) is 10.1. The van der Waals surface area contributed by atoms with Gasteiger partial charge in [0.05, 0.1) is 0 Å². The molecule has 0 saturated heterocycles. The van der Waals surface area contributed by atoms with E-state index in [1.807, 2.05) is 0 Å². The molecule has 1 rings (SSSR count). The van der Waals surface area contributed by atoms with Crippen molar-refractivity contribution in [1.29, 1.82) is 0 Å². The zero-order valence-electron chi connectivity index (χ0n) is 15.4. The zero-order valence-corrected chi connectivity index (χ0v) is 15.4. The number of ketones is 1. The Balaban J connectivity index is 2.47. The highest BCUT2D eigenvalue weighted by Gasteiger charge is 2.33. The fourth-order valence-electron chi connectivity index (χ4n) is 3.52. The van der Waals surface area contributed by atoms with E-state index < -0.39 is 0 Å². The van der Waals surface area contributed by atoms with Gasteiger partial charge in [-0.1, -0.05) is 72.6 Å². The lowest BCUT2D eigenvalue weighted by molar-refractivity contribution is -0.116. The van der Waals surface area contributed by atoms with E-state index in [9.17, 15) is 4.79 Å². The molecule has 0 amide bonds. The maximum atomic E-state index is 12.7. The second-order valence-electron chi connectivity index (χ2n) is 7.46. The van der Waals surface area contributed by atoms with Gasteiger partial charge in [-0.2, -0.15) is 0 Å². The van der Waals surface area contributed by atoms with E-state index in [-0.39, 0.29) is 5.41 Å². The molecule has 0 aliphatic carbocycles. The summed E-state index contributed by atoms with van der Waals surface area (Å²) in [5.74, 6) is 0.397. The quantitative estimate of drug-likeness (QED) is 0.491. The third-order valence-electron chi connectivity index (χ3n) is 4.85. The smallest absolute Gasteiger partial charge is 0.161 e. The summed E-state index contributed by atoms with van der Waals surface area (Å²) in [7, 11) is 0. The van der Waals surface area contributed by atoms with Gasteiger partial charge < -0.3 is 5.32 Å². The molecule has 0 radical (unpaired) electrons. The summed E-state index contributed by atoms with van der Waals surface area (Å²) in [5.41, 5.74) is 2.38. The van der Waals surface area contributed by atoms with E-state index in [0.29, 0.717) is 5.78 Å². The summed E-state index contributed by atoms with van der Waals surface area (Å²) in [6, 6.07) is 0. The first kappa shape index (κ1) is 19.3. The second-order valence-corrected chi connectivity index (χ2v) is 7.46. The van der Waals surface area contributed by atoms with Gasteiger partial charge in [0.15, 0.2) is 5.78 Å². The van der Waals surface area contributed by atoms with Gasteiger partial charge >= 0.3 is 0 Å². The van der Waals surface area contributed by atoms with Crippen molar-refractivity contribution in [1.82, 2.24) is 5.32 Å². The first-order valence-corrected chi connectivity index (χ1v) is 9.53. The minimum Gasteiger partial charge on any atom is -0.388 e. The van der Waals surface area contributed by atoms with E-state index >= 15 is 0 Å². The first-order chi connectivity index (χ1) is 10.5. The molecular weight excluding hydrogens is 270 g/mol. The molecule has 0 aromatic heterocycles. The van der Waals surface area contributed by atoms with Crippen LogP contribution in [0.3, 0.4) is 0 Å². The molecule has 0 saturated carbocycles. The van der Waals surface area contributed by atoms with Crippen LogP contribution in [0.4, 0.5) is 0 Å². The Morgan fingerprint density at radius 2 is 1.64 bits per heavy atom. The van der Waals surface area contributed by atoms with E-state index in [0.717, 1.165) is 44.2 Å². The molecule has 1 aliphatic heterocycles. The predicted octanol–water partition coefficient (Wildman–Crippen LogP) is 5.77. The summed E-state index contributed by atoms with van der Waals surface area (Å²) in [4.78, 5) is 12.7. The van der Waals surface area contributed by atoms with Gasteiger partial charge in [-0.25, -0.2) is 0 Å². The number of carbonyl (C=O) groups excluding carboxylic acids is 1. The molecule has 0 aromatic rings. The first-order valence-electron chi connectivity index (χ1n) is 9.53. The van der Waals surface area contributed by atoms with Crippen molar-refractivity contribution in [2.24, 2.45) is 5.41 Å². The molecule has 2 heteroatoms. The Bertz CT molecular complexity index is 368. The highest BCUT2D eigenvalue weighted by molar-refractivity contribution is 5.97. The maximum absolute atomic E-state index is 12.7. The van der Waals surface area contributed by atoms with Crippen molar-refractivity contribution in [3.8, 4) is 0 Å². The van der Waals surface area contributed by atoms with Gasteiger partial charge in [-0.3, -0.25) is 4.79 Å². The number of allylic oxidation sites excluding steroid dienone is 2. The third-order valence-corrected chi connectivity index (χ3v) is 4.85. The average Bonchev–Trinajstić information content (AvgIpc) is 2.45. The lowest BCUT2D eigenvalue weighted by Crippen LogP contribution is -2.36. The monoisotopic (exact) mass is 307 g/mol. The minimum atomic E-state index is 0.0496. The van der Waals surface area contributed by atoms with Gasteiger partial charge in [0, 0.05) is 24.2 Å². The topological polar surface area (TPSA) is 29.1 Å². The van der Waals surface area contributed by atoms with Crippen LogP contribution >= 0.6 is 0 Å². The number of unbranched alkanes of at least 4 members (excludes halogenated alkanes) is 6. The fourth-order valence-corrected chi connectivity index (χ4v) is 3.52. The van der Waals surface area contributed by atoms with Crippen LogP contribution in [0.2, 0.25) is 0 Å². The number of hydrogen-bond donors (Lipinski definition) is 1. The molecule has 1 aliphatic rings. The Morgan fingerprint density at radius 3 is 2.27 bits per heavy atom. The molecule has 2 nitrogen and oxygen atoms in total. The van der Waals surface area contributed by atoms with Crippen LogP contribution in [0.15, 0.2) is 11.3 Å². The van der Waals surface area contributed by atoms with Crippen molar-refractivity contribution in [2.75, 3.05) is 6.54 Å². The van der Waals surface area contributed by atoms with E-state index in [1.165, 1.54) is 44.2 Å². The van der Waals surface area contributed by atoms with Gasteiger partial charge in [0.2, 0.25) is 0 Å². The van der Waals surface area contributed by atoms with Crippen molar-refractivity contribution >= 4 is 5.78 Å². The van der Waals surface area contributed by atoms with E-state index in [2.05, 4.69) is 33.0 Å². The highest BCUT2D eigenvalue weighted by atomic mass is 16.1. The summed E-state index contributed by atoms with van der Waals surface area (Å²) < 4.78 is 0. The van der Waals surface area contributed by atoms with Crippen molar-refractivity contribution in [3.63, 3.8) is 0 Å². The Morgan fingerprint density at radius 1 is 1.00 bits per heavy atom. The molecule has 1 heterocycles.